The van der Waals surface area contributed by atoms with Crippen molar-refractivity contribution in [2.75, 3.05) is 25.1 Å². The van der Waals surface area contributed by atoms with Crippen LogP contribution in [0.25, 0.3) is 0 Å². The van der Waals surface area contributed by atoms with Crippen molar-refractivity contribution in [3.63, 3.8) is 0 Å². The van der Waals surface area contributed by atoms with Gasteiger partial charge in [0.2, 0.25) is 0 Å². The molecular formula is C17H20N2OS. The van der Waals surface area contributed by atoms with E-state index in [0.29, 0.717) is 11.6 Å². The number of ether oxygens (including phenoxy) is 1. The Morgan fingerprint density at radius 2 is 1.95 bits per heavy atom. The lowest BCUT2D eigenvalue weighted by Gasteiger charge is -2.20. The summed E-state index contributed by atoms with van der Waals surface area (Å²) in [6.07, 6.45) is 0. The van der Waals surface area contributed by atoms with Gasteiger partial charge in [-0.15, -0.1) is 0 Å². The van der Waals surface area contributed by atoms with Crippen molar-refractivity contribution < 1.29 is 4.74 Å². The Labute approximate surface area is 131 Å². The van der Waals surface area contributed by atoms with Crippen LogP contribution in [0.3, 0.4) is 0 Å². The fourth-order valence-corrected chi connectivity index (χ4v) is 2.16. The largest absolute Gasteiger partial charge is 0.492 e. The lowest BCUT2D eigenvalue weighted by molar-refractivity contribution is 0.326. The zero-order valence-electron chi connectivity index (χ0n) is 12.4. The second kappa shape index (κ2) is 7.09. The van der Waals surface area contributed by atoms with Gasteiger partial charge in [0.05, 0.1) is 6.54 Å². The molecule has 0 aromatic heterocycles. The Kier molecular flexibility index (Phi) is 5.17. The van der Waals surface area contributed by atoms with Crippen LogP contribution in [0.5, 0.6) is 5.75 Å². The number of hydrogen-bond acceptors (Lipinski definition) is 3. The molecule has 3 nitrogen and oxygen atoms in total. The summed E-state index contributed by atoms with van der Waals surface area (Å²) >= 11 is 4.97. The van der Waals surface area contributed by atoms with Crippen molar-refractivity contribution in [2.45, 2.75) is 6.92 Å². The molecule has 0 heterocycles. The molecule has 0 saturated carbocycles. The van der Waals surface area contributed by atoms with Crippen LogP contribution in [0, 0.1) is 6.92 Å². The predicted molar refractivity (Wildman–Crippen MR) is 92.3 cm³/mol. The van der Waals surface area contributed by atoms with Gasteiger partial charge in [-0.2, -0.15) is 0 Å². The zero-order chi connectivity index (χ0) is 15.2. The molecule has 0 aliphatic carbocycles. The van der Waals surface area contributed by atoms with E-state index in [2.05, 4.69) is 43.1 Å². The summed E-state index contributed by atoms with van der Waals surface area (Å²) in [6.45, 7) is 3.50. The highest BCUT2D eigenvalue weighted by molar-refractivity contribution is 7.80. The highest BCUT2D eigenvalue weighted by Gasteiger charge is 2.03. The number of nitrogens with two attached hydrogens (primary N) is 1. The standard InChI is InChI=1S/C17H20N2OS/c1-13-5-3-7-15(11-13)19(2)9-10-20-16-8-4-6-14(12-16)17(18)21/h3-8,11-12H,9-10H2,1-2H3,(H2,18,21). The van der Waals surface area contributed by atoms with Crippen molar-refractivity contribution in [3.05, 3.63) is 59.7 Å². The molecule has 2 aromatic carbocycles. The van der Waals surface area contributed by atoms with Crippen LogP contribution < -0.4 is 15.4 Å². The maximum atomic E-state index is 5.76. The summed E-state index contributed by atoms with van der Waals surface area (Å²) in [5, 5.41) is 0. The molecule has 110 valence electrons. The van der Waals surface area contributed by atoms with E-state index >= 15 is 0 Å². The van der Waals surface area contributed by atoms with Gasteiger partial charge in [0.25, 0.3) is 0 Å². The van der Waals surface area contributed by atoms with Crippen molar-refractivity contribution in [2.24, 2.45) is 5.73 Å². The fourth-order valence-electron chi connectivity index (χ4n) is 2.03. The van der Waals surface area contributed by atoms with Crippen LogP contribution in [-0.2, 0) is 0 Å². The van der Waals surface area contributed by atoms with Gasteiger partial charge in [-0.25, -0.2) is 0 Å². The average Bonchev–Trinajstić information content (AvgIpc) is 2.47. The smallest absolute Gasteiger partial charge is 0.120 e. The van der Waals surface area contributed by atoms with Crippen LogP contribution in [0.4, 0.5) is 5.69 Å². The second-order valence-electron chi connectivity index (χ2n) is 5.00. The third kappa shape index (κ3) is 4.46. The summed E-state index contributed by atoms with van der Waals surface area (Å²) in [4.78, 5) is 2.56. The van der Waals surface area contributed by atoms with Gasteiger partial charge in [0.15, 0.2) is 0 Å². The minimum absolute atomic E-state index is 0.386. The normalized spacial score (nSPS) is 10.2. The summed E-state index contributed by atoms with van der Waals surface area (Å²) in [7, 11) is 2.06. The number of hydrogen-bond donors (Lipinski definition) is 1. The summed E-state index contributed by atoms with van der Waals surface area (Å²) in [5.74, 6) is 0.790. The minimum Gasteiger partial charge on any atom is -0.492 e. The van der Waals surface area contributed by atoms with E-state index < -0.39 is 0 Å². The van der Waals surface area contributed by atoms with E-state index in [4.69, 9.17) is 22.7 Å². The van der Waals surface area contributed by atoms with Gasteiger partial charge in [0.1, 0.15) is 17.3 Å². The van der Waals surface area contributed by atoms with Crippen LogP contribution in [0.2, 0.25) is 0 Å². The highest BCUT2D eigenvalue weighted by atomic mass is 32.1. The van der Waals surface area contributed by atoms with E-state index in [-0.39, 0.29) is 0 Å². The molecule has 0 radical (unpaired) electrons. The third-order valence-corrected chi connectivity index (χ3v) is 3.49. The van der Waals surface area contributed by atoms with E-state index in [0.717, 1.165) is 17.9 Å². The van der Waals surface area contributed by atoms with Crippen molar-refractivity contribution in [1.29, 1.82) is 0 Å². The monoisotopic (exact) mass is 300 g/mol. The first kappa shape index (κ1) is 15.3. The van der Waals surface area contributed by atoms with Crippen LogP contribution in [-0.4, -0.2) is 25.2 Å². The summed E-state index contributed by atoms with van der Waals surface area (Å²) < 4.78 is 5.76. The SMILES string of the molecule is Cc1cccc(N(C)CCOc2cccc(C(N)=S)c2)c1. The number of anilines is 1. The molecule has 2 rings (SSSR count). The first-order chi connectivity index (χ1) is 10.1. The van der Waals surface area contributed by atoms with Crippen molar-refractivity contribution >= 4 is 22.9 Å². The molecule has 2 N–H and O–H groups in total. The molecule has 0 aliphatic heterocycles. The quantitative estimate of drug-likeness (QED) is 0.832. The van der Waals surface area contributed by atoms with Crippen LogP contribution in [0.1, 0.15) is 11.1 Å². The second-order valence-corrected chi connectivity index (χ2v) is 5.44. The number of benzene rings is 2. The Morgan fingerprint density at radius 1 is 1.19 bits per heavy atom. The molecule has 2 aromatic rings. The highest BCUT2D eigenvalue weighted by Crippen LogP contribution is 2.15. The molecule has 0 amide bonds. The van der Waals surface area contributed by atoms with E-state index in [1.165, 1.54) is 11.3 Å². The first-order valence-corrected chi connectivity index (χ1v) is 7.27. The summed E-state index contributed by atoms with van der Waals surface area (Å²) in [5.41, 5.74) is 8.89. The molecule has 0 fully saturated rings. The van der Waals surface area contributed by atoms with E-state index in [1.807, 2.05) is 24.3 Å². The van der Waals surface area contributed by atoms with E-state index in [9.17, 15) is 0 Å². The molecule has 0 bridgehead atoms. The zero-order valence-corrected chi connectivity index (χ0v) is 13.2. The lowest BCUT2D eigenvalue weighted by Crippen LogP contribution is -2.23. The molecule has 0 aliphatic rings. The Morgan fingerprint density at radius 3 is 2.67 bits per heavy atom. The lowest BCUT2D eigenvalue weighted by atomic mass is 10.2. The van der Waals surface area contributed by atoms with Gasteiger partial charge in [-0.3, -0.25) is 0 Å². The van der Waals surface area contributed by atoms with Gasteiger partial charge in [-0.05, 0) is 36.8 Å². The molecule has 21 heavy (non-hydrogen) atoms. The molecule has 4 heteroatoms. The minimum atomic E-state index is 0.386. The maximum Gasteiger partial charge on any atom is 0.120 e. The topological polar surface area (TPSA) is 38.5 Å². The molecule has 0 saturated heterocycles. The van der Waals surface area contributed by atoms with Gasteiger partial charge in [0, 0.05) is 18.3 Å². The van der Waals surface area contributed by atoms with E-state index in [1.54, 1.807) is 0 Å². The average molecular weight is 300 g/mol. The number of rotatable bonds is 6. The predicted octanol–water partition coefficient (Wildman–Crippen LogP) is 3.14. The molecule has 0 unspecified atom stereocenters. The Hall–Kier alpha value is -2.07. The maximum absolute atomic E-state index is 5.76. The third-order valence-electron chi connectivity index (χ3n) is 3.26. The number of nitrogens with zero attached hydrogens (tertiary/aromatic N) is 1. The van der Waals surface area contributed by atoms with Crippen molar-refractivity contribution in [3.8, 4) is 5.75 Å². The van der Waals surface area contributed by atoms with Gasteiger partial charge >= 0.3 is 0 Å². The van der Waals surface area contributed by atoms with Gasteiger partial charge < -0.3 is 15.4 Å². The molecular weight excluding hydrogens is 280 g/mol. The fraction of sp³-hybridized carbons (Fsp3) is 0.235. The Bertz CT molecular complexity index is 628. The first-order valence-electron chi connectivity index (χ1n) is 6.87. The molecule has 0 spiro atoms. The number of aryl methyl sites for hydroxylation is 1. The van der Waals surface area contributed by atoms with Gasteiger partial charge in [-0.1, -0.05) is 36.5 Å². The van der Waals surface area contributed by atoms with Crippen LogP contribution in [0.15, 0.2) is 48.5 Å². The number of thiocarbonyl (C=S) groups is 1. The van der Waals surface area contributed by atoms with Crippen LogP contribution >= 0.6 is 12.2 Å². The van der Waals surface area contributed by atoms with Crippen molar-refractivity contribution in [1.82, 2.24) is 0 Å². The summed E-state index contributed by atoms with van der Waals surface area (Å²) in [6, 6.07) is 16.0. The molecule has 0 atom stereocenters. The Balaban J connectivity index is 1.89. The number of likely N-dealkylation sites (N-methyl/N-ethyl adjacent to an activating group) is 1.